The second-order valence-electron chi connectivity index (χ2n) is 7.83. The van der Waals surface area contributed by atoms with Gasteiger partial charge in [0.15, 0.2) is 5.13 Å². The first-order valence-corrected chi connectivity index (χ1v) is 11.1. The first-order chi connectivity index (χ1) is 14.2. The topological polar surface area (TPSA) is 98.0 Å². The lowest BCUT2D eigenvalue weighted by atomic mass is 10.0. The minimum Gasteiger partial charge on any atom is -0.348 e. The van der Waals surface area contributed by atoms with Gasteiger partial charge < -0.3 is 14.8 Å². The lowest BCUT2D eigenvalue weighted by molar-refractivity contribution is 0.141. The fourth-order valence-corrected chi connectivity index (χ4v) is 5.43. The van der Waals surface area contributed by atoms with E-state index >= 15 is 0 Å². The molecule has 0 bridgehead atoms. The first-order valence-electron chi connectivity index (χ1n) is 10.3. The van der Waals surface area contributed by atoms with Crippen LogP contribution in [0.15, 0.2) is 28.0 Å². The second-order valence-corrected chi connectivity index (χ2v) is 8.84. The van der Waals surface area contributed by atoms with Crippen LogP contribution in [0, 0.1) is 0 Å². The van der Waals surface area contributed by atoms with Gasteiger partial charge in [-0.05, 0) is 44.8 Å². The van der Waals surface area contributed by atoms with Crippen LogP contribution < -0.4 is 16.1 Å². The van der Waals surface area contributed by atoms with Crippen molar-refractivity contribution < 1.29 is 0 Å². The third-order valence-corrected chi connectivity index (χ3v) is 7.08. The van der Waals surface area contributed by atoms with Crippen LogP contribution in [0.3, 0.4) is 0 Å². The summed E-state index contributed by atoms with van der Waals surface area (Å²) >= 11 is 1.64. The second kappa shape index (κ2) is 7.72. The van der Waals surface area contributed by atoms with E-state index in [4.69, 9.17) is 4.98 Å². The molecule has 0 aliphatic carbocycles. The van der Waals surface area contributed by atoms with Crippen LogP contribution in [-0.2, 0) is 0 Å². The number of piperidine rings is 2. The van der Waals surface area contributed by atoms with Gasteiger partial charge in [-0.2, -0.15) is 0 Å². The molecule has 29 heavy (non-hydrogen) atoms. The zero-order chi connectivity index (χ0) is 19.8. The number of aromatic nitrogens is 4. The van der Waals surface area contributed by atoms with Gasteiger partial charge in [-0.15, -0.1) is 0 Å². The fourth-order valence-electron chi connectivity index (χ4n) is 4.41. The van der Waals surface area contributed by atoms with E-state index < -0.39 is 11.2 Å². The molecule has 2 N–H and O–H groups in total. The highest BCUT2D eigenvalue weighted by atomic mass is 32.1. The number of fused-ring (bicyclic) bond motifs is 1. The van der Waals surface area contributed by atoms with E-state index in [1.54, 1.807) is 17.5 Å². The molecule has 5 rings (SSSR count). The van der Waals surface area contributed by atoms with Gasteiger partial charge in [-0.1, -0.05) is 17.8 Å². The third kappa shape index (κ3) is 3.72. The summed E-state index contributed by atoms with van der Waals surface area (Å²) < 4.78 is 0.994. The van der Waals surface area contributed by atoms with Gasteiger partial charge in [0.05, 0.1) is 22.2 Å². The van der Waals surface area contributed by atoms with E-state index in [1.807, 2.05) is 6.07 Å². The quantitative estimate of drug-likeness (QED) is 0.684. The molecule has 2 aliphatic heterocycles. The Hall–Kier alpha value is -2.52. The van der Waals surface area contributed by atoms with Crippen LogP contribution in [0.4, 0.5) is 5.13 Å². The molecule has 0 saturated carbocycles. The van der Waals surface area contributed by atoms with Gasteiger partial charge in [0.2, 0.25) is 0 Å². The first kappa shape index (κ1) is 18.5. The summed E-state index contributed by atoms with van der Waals surface area (Å²) in [6, 6.07) is 2.58. The largest absolute Gasteiger partial charge is 0.348 e. The number of anilines is 1. The molecule has 8 nitrogen and oxygen atoms in total. The number of pyridine rings is 1. The highest BCUT2D eigenvalue weighted by Crippen LogP contribution is 2.32. The van der Waals surface area contributed by atoms with Gasteiger partial charge in [-0.25, -0.2) is 9.78 Å². The molecule has 2 aliphatic rings. The maximum Gasteiger partial charge on any atom is 0.325 e. The normalized spacial score (nSPS) is 19.1. The van der Waals surface area contributed by atoms with Crippen molar-refractivity contribution in [3.05, 3.63) is 39.3 Å². The van der Waals surface area contributed by atoms with E-state index in [0.717, 1.165) is 28.4 Å². The number of nitrogens with zero attached hydrogens (tertiary/aromatic N) is 4. The van der Waals surface area contributed by atoms with Gasteiger partial charge in [0.25, 0.3) is 5.56 Å². The minimum absolute atomic E-state index is 0.351. The smallest absolute Gasteiger partial charge is 0.325 e. The average molecular weight is 413 g/mol. The maximum absolute atomic E-state index is 12.1. The molecule has 0 radical (unpaired) electrons. The molecule has 0 spiro atoms. The monoisotopic (exact) mass is 412 g/mol. The number of hydrogen-bond acceptors (Lipinski definition) is 7. The Kier molecular flexibility index (Phi) is 4.92. The number of H-pyrrole nitrogens is 2. The molecule has 152 valence electrons. The SMILES string of the molecule is O=c1[nH]cc(-c2cc3sc(N4CCC(N5CCCCC5)CC4)nc3cn2)c(=O)[nH]1. The summed E-state index contributed by atoms with van der Waals surface area (Å²) in [5, 5.41) is 1.02. The molecular formula is C20H24N6O2S. The average Bonchev–Trinajstić information content (AvgIpc) is 3.18. The van der Waals surface area contributed by atoms with Crippen molar-refractivity contribution in [1.82, 2.24) is 24.8 Å². The van der Waals surface area contributed by atoms with E-state index in [-0.39, 0.29) is 0 Å². The van der Waals surface area contributed by atoms with E-state index in [0.29, 0.717) is 17.3 Å². The van der Waals surface area contributed by atoms with Crippen molar-refractivity contribution in [2.45, 2.75) is 38.1 Å². The van der Waals surface area contributed by atoms with Crippen LogP contribution >= 0.6 is 11.3 Å². The molecule has 5 heterocycles. The predicted molar refractivity (Wildman–Crippen MR) is 115 cm³/mol. The van der Waals surface area contributed by atoms with Crippen LogP contribution in [0.25, 0.3) is 21.5 Å². The van der Waals surface area contributed by atoms with Gasteiger partial charge in [0.1, 0.15) is 5.52 Å². The summed E-state index contributed by atoms with van der Waals surface area (Å²) in [5.41, 5.74) is 0.767. The lowest BCUT2D eigenvalue weighted by Gasteiger charge is -2.40. The molecule has 0 aromatic carbocycles. The highest BCUT2D eigenvalue weighted by Gasteiger charge is 2.26. The standard InChI is InChI=1S/C20H24N6O2S/c27-18-14(11-22-19(28)24-18)15-10-17-16(12-21-15)23-20(29-17)26-8-4-13(5-9-26)25-6-2-1-3-7-25/h10-13H,1-9H2,(H2,22,24,27,28). The summed E-state index contributed by atoms with van der Waals surface area (Å²) in [6.45, 7) is 4.57. The number of aromatic amines is 2. The van der Waals surface area contributed by atoms with E-state index in [2.05, 4.69) is 24.8 Å². The van der Waals surface area contributed by atoms with Crippen molar-refractivity contribution in [3.8, 4) is 11.3 Å². The summed E-state index contributed by atoms with van der Waals surface area (Å²) in [7, 11) is 0. The molecule has 9 heteroatoms. The van der Waals surface area contributed by atoms with Gasteiger partial charge in [0, 0.05) is 25.3 Å². The highest BCUT2D eigenvalue weighted by molar-refractivity contribution is 7.22. The Balaban J connectivity index is 1.34. The number of likely N-dealkylation sites (tertiary alicyclic amines) is 1. The molecule has 2 fully saturated rings. The fraction of sp³-hybridized carbons (Fsp3) is 0.500. The van der Waals surface area contributed by atoms with Crippen LogP contribution in [0.2, 0.25) is 0 Å². The molecule has 2 saturated heterocycles. The van der Waals surface area contributed by atoms with Crippen molar-refractivity contribution in [2.24, 2.45) is 0 Å². The number of thiazole rings is 1. The molecule has 0 atom stereocenters. The Labute approximate surface area is 171 Å². The van der Waals surface area contributed by atoms with Gasteiger partial charge >= 0.3 is 5.69 Å². The molecular weight excluding hydrogens is 388 g/mol. The Morgan fingerprint density at radius 3 is 2.62 bits per heavy atom. The molecule has 3 aromatic rings. The van der Waals surface area contributed by atoms with Crippen LogP contribution in [-0.4, -0.2) is 57.1 Å². The molecule has 0 unspecified atom stereocenters. The molecule has 0 amide bonds. The maximum atomic E-state index is 12.1. The van der Waals surface area contributed by atoms with E-state index in [9.17, 15) is 9.59 Å². The number of nitrogens with one attached hydrogen (secondary N) is 2. The zero-order valence-corrected chi connectivity index (χ0v) is 17.0. The van der Waals surface area contributed by atoms with Crippen molar-refractivity contribution in [1.29, 1.82) is 0 Å². The predicted octanol–water partition coefficient (Wildman–Crippen LogP) is 2.19. The van der Waals surface area contributed by atoms with E-state index in [1.165, 1.54) is 51.4 Å². The Morgan fingerprint density at radius 1 is 1.07 bits per heavy atom. The molecule has 3 aromatic heterocycles. The van der Waals surface area contributed by atoms with Crippen molar-refractivity contribution >= 4 is 26.7 Å². The lowest BCUT2D eigenvalue weighted by Crippen LogP contribution is -2.46. The summed E-state index contributed by atoms with van der Waals surface area (Å²) in [6.07, 6.45) is 9.54. The van der Waals surface area contributed by atoms with Crippen LogP contribution in [0.5, 0.6) is 0 Å². The van der Waals surface area contributed by atoms with Gasteiger partial charge in [-0.3, -0.25) is 14.8 Å². The van der Waals surface area contributed by atoms with Crippen molar-refractivity contribution in [2.75, 3.05) is 31.1 Å². The Morgan fingerprint density at radius 2 is 1.86 bits per heavy atom. The number of hydrogen-bond donors (Lipinski definition) is 2. The Bertz CT molecular complexity index is 1120. The van der Waals surface area contributed by atoms with Crippen molar-refractivity contribution in [3.63, 3.8) is 0 Å². The zero-order valence-electron chi connectivity index (χ0n) is 16.2. The summed E-state index contributed by atoms with van der Waals surface area (Å²) in [4.78, 5) is 42.2. The minimum atomic E-state index is -0.520. The third-order valence-electron chi connectivity index (χ3n) is 6.00. The number of rotatable bonds is 3. The van der Waals surface area contributed by atoms with Crippen LogP contribution in [0.1, 0.15) is 32.1 Å². The summed E-state index contributed by atoms with van der Waals surface area (Å²) in [5.74, 6) is 0.